The minimum atomic E-state index is -0.361. The van der Waals surface area contributed by atoms with Gasteiger partial charge < -0.3 is 19.3 Å². The molecule has 0 spiro atoms. The molecule has 1 aromatic heterocycles. The van der Waals surface area contributed by atoms with Crippen molar-refractivity contribution in [1.29, 1.82) is 0 Å². The number of ether oxygens (including phenoxy) is 2. The van der Waals surface area contributed by atoms with Crippen LogP contribution in [0.4, 0.5) is 5.82 Å². The number of benzene rings is 3. The number of amides is 1. The van der Waals surface area contributed by atoms with Gasteiger partial charge in [-0.05, 0) is 36.4 Å². The van der Waals surface area contributed by atoms with E-state index in [1.165, 1.54) is 0 Å². The monoisotopic (exact) mass is 478 g/mol. The van der Waals surface area contributed by atoms with Gasteiger partial charge in [-0.3, -0.25) is 4.79 Å². The fraction of sp³-hybridized carbons (Fsp3) is 0.207. The van der Waals surface area contributed by atoms with Crippen molar-refractivity contribution in [1.82, 2.24) is 15.1 Å². The van der Waals surface area contributed by atoms with Gasteiger partial charge in [0, 0.05) is 42.9 Å². The molecule has 0 radical (unpaired) electrons. The molecule has 2 aliphatic rings. The van der Waals surface area contributed by atoms with E-state index in [0.717, 1.165) is 45.5 Å². The van der Waals surface area contributed by atoms with Crippen molar-refractivity contribution in [3.63, 3.8) is 0 Å². The Bertz CT molecular complexity index is 1350. The maximum absolute atomic E-state index is 13.8. The van der Waals surface area contributed by atoms with Gasteiger partial charge in [0.1, 0.15) is 17.2 Å². The summed E-state index contributed by atoms with van der Waals surface area (Å²) >= 11 is 0. The zero-order chi connectivity index (χ0) is 24.5. The van der Waals surface area contributed by atoms with E-state index < -0.39 is 0 Å². The van der Waals surface area contributed by atoms with Gasteiger partial charge in [-0.15, -0.1) is 10.2 Å². The number of nitrogens with zero attached hydrogens (tertiary/aromatic N) is 4. The fourth-order valence-corrected chi connectivity index (χ4v) is 4.94. The molecule has 36 heavy (non-hydrogen) atoms. The second-order valence-corrected chi connectivity index (χ2v) is 8.93. The number of piperazine rings is 1. The summed E-state index contributed by atoms with van der Waals surface area (Å²) in [5.74, 6) is 2.85. The van der Waals surface area contributed by atoms with Gasteiger partial charge in [-0.2, -0.15) is 0 Å². The Balaban J connectivity index is 1.17. The predicted octanol–water partition coefficient (Wildman–Crippen LogP) is 4.74. The first-order valence-corrected chi connectivity index (χ1v) is 12.1. The van der Waals surface area contributed by atoms with Crippen molar-refractivity contribution in [2.24, 2.45) is 0 Å². The van der Waals surface area contributed by atoms with Crippen LogP contribution in [0.15, 0.2) is 84.9 Å². The molecule has 3 heterocycles. The third-order valence-electron chi connectivity index (χ3n) is 6.86. The summed E-state index contributed by atoms with van der Waals surface area (Å²) in [5.41, 5.74) is 3.59. The Morgan fingerprint density at radius 3 is 2.17 bits per heavy atom. The third kappa shape index (κ3) is 4.02. The molecule has 0 N–H and O–H groups in total. The molecule has 0 atom stereocenters. The zero-order valence-corrected chi connectivity index (χ0v) is 20.0. The minimum absolute atomic E-state index is 0.109. The highest BCUT2D eigenvalue weighted by molar-refractivity contribution is 5.90. The summed E-state index contributed by atoms with van der Waals surface area (Å²) in [5, 5.41) is 8.90. The van der Waals surface area contributed by atoms with Crippen LogP contribution in [0.2, 0.25) is 0 Å². The van der Waals surface area contributed by atoms with Crippen molar-refractivity contribution in [2.45, 2.75) is 5.92 Å². The SMILES string of the molecule is COc1cccc(-c2ccc(N3CCN(C(=O)C4c5ccccc5Oc5ccccc54)CC3)nn2)c1. The lowest BCUT2D eigenvalue weighted by Gasteiger charge is -2.38. The van der Waals surface area contributed by atoms with Crippen molar-refractivity contribution < 1.29 is 14.3 Å². The van der Waals surface area contributed by atoms with Gasteiger partial charge in [0.15, 0.2) is 5.82 Å². The third-order valence-corrected chi connectivity index (χ3v) is 6.86. The molecule has 180 valence electrons. The summed E-state index contributed by atoms with van der Waals surface area (Å²) in [6, 6.07) is 27.4. The zero-order valence-electron chi connectivity index (χ0n) is 20.0. The summed E-state index contributed by atoms with van der Waals surface area (Å²) < 4.78 is 11.4. The molecule has 0 unspecified atom stereocenters. The highest BCUT2D eigenvalue weighted by Crippen LogP contribution is 2.44. The van der Waals surface area contributed by atoms with Crippen molar-refractivity contribution in [2.75, 3.05) is 38.2 Å². The van der Waals surface area contributed by atoms with Crippen LogP contribution in [0.1, 0.15) is 17.0 Å². The van der Waals surface area contributed by atoms with E-state index in [0.29, 0.717) is 26.2 Å². The summed E-state index contributed by atoms with van der Waals surface area (Å²) in [6.07, 6.45) is 0. The number of para-hydroxylation sites is 2. The lowest BCUT2D eigenvalue weighted by Crippen LogP contribution is -2.50. The second-order valence-electron chi connectivity index (χ2n) is 8.93. The number of hydrogen-bond acceptors (Lipinski definition) is 6. The quantitative estimate of drug-likeness (QED) is 0.422. The maximum atomic E-state index is 13.8. The molecule has 1 amide bonds. The van der Waals surface area contributed by atoms with E-state index >= 15 is 0 Å². The molecule has 7 nitrogen and oxygen atoms in total. The second kappa shape index (κ2) is 9.34. The number of anilines is 1. The maximum Gasteiger partial charge on any atom is 0.234 e. The van der Waals surface area contributed by atoms with Crippen molar-refractivity contribution in [3.05, 3.63) is 96.1 Å². The van der Waals surface area contributed by atoms with E-state index in [1.807, 2.05) is 89.8 Å². The summed E-state index contributed by atoms with van der Waals surface area (Å²) in [6.45, 7) is 2.65. The number of carbonyl (C=O) groups is 1. The fourth-order valence-electron chi connectivity index (χ4n) is 4.94. The average molecular weight is 479 g/mol. The first-order chi connectivity index (χ1) is 17.7. The number of hydrogen-bond donors (Lipinski definition) is 0. The molecular weight excluding hydrogens is 452 g/mol. The van der Waals surface area contributed by atoms with Crippen molar-refractivity contribution >= 4 is 11.7 Å². The molecule has 1 saturated heterocycles. The largest absolute Gasteiger partial charge is 0.497 e. The molecule has 7 heteroatoms. The van der Waals surface area contributed by atoms with Crippen LogP contribution in [0, 0.1) is 0 Å². The lowest BCUT2D eigenvalue weighted by molar-refractivity contribution is -0.132. The van der Waals surface area contributed by atoms with E-state index in [-0.39, 0.29) is 11.8 Å². The van der Waals surface area contributed by atoms with E-state index in [4.69, 9.17) is 9.47 Å². The average Bonchev–Trinajstić information content (AvgIpc) is 2.96. The Morgan fingerprint density at radius 1 is 0.833 bits per heavy atom. The van der Waals surface area contributed by atoms with Crippen LogP contribution in [-0.4, -0.2) is 54.3 Å². The Hall–Kier alpha value is -4.39. The van der Waals surface area contributed by atoms with Crippen LogP contribution in [-0.2, 0) is 4.79 Å². The van der Waals surface area contributed by atoms with E-state index in [2.05, 4.69) is 15.1 Å². The topological polar surface area (TPSA) is 67.8 Å². The first kappa shape index (κ1) is 22.1. The van der Waals surface area contributed by atoms with Crippen LogP contribution in [0.5, 0.6) is 17.2 Å². The van der Waals surface area contributed by atoms with Crippen LogP contribution in [0.25, 0.3) is 11.3 Å². The molecule has 2 aliphatic heterocycles. The summed E-state index contributed by atoms with van der Waals surface area (Å²) in [4.78, 5) is 17.9. The lowest BCUT2D eigenvalue weighted by atomic mass is 9.86. The Labute approximate surface area is 209 Å². The molecule has 4 aromatic rings. The molecular formula is C29H26N4O3. The molecule has 6 rings (SSSR count). The Kier molecular flexibility index (Phi) is 5.73. The number of aromatic nitrogens is 2. The predicted molar refractivity (Wildman–Crippen MR) is 138 cm³/mol. The Morgan fingerprint density at radius 2 is 1.53 bits per heavy atom. The molecule has 0 saturated carbocycles. The van der Waals surface area contributed by atoms with Crippen LogP contribution >= 0.6 is 0 Å². The van der Waals surface area contributed by atoms with Gasteiger partial charge in [0.05, 0.1) is 18.7 Å². The van der Waals surface area contributed by atoms with Crippen LogP contribution in [0.3, 0.4) is 0 Å². The smallest absolute Gasteiger partial charge is 0.234 e. The van der Waals surface area contributed by atoms with E-state index in [1.54, 1.807) is 7.11 Å². The molecule has 1 fully saturated rings. The standard InChI is InChI=1S/C29H26N4O3/c1-35-21-8-6-7-20(19-21)24-13-14-27(31-30-24)32-15-17-33(18-16-32)29(34)28-22-9-2-4-11-25(22)36-26-12-5-3-10-23(26)28/h2-14,19,28H,15-18H2,1H3. The number of rotatable bonds is 4. The number of carbonyl (C=O) groups excluding carboxylic acids is 1. The number of fused-ring (bicyclic) bond motifs is 2. The summed E-state index contributed by atoms with van der Waals surface area (Å²) in [7, 11) is 1.65. The minimum Gasteiger partial charge on any atom is -0.497 e. The first-order valence-electron chi connectivity index (χ1n) is 12.1. The highest BCUT2D eigenvalue weighted by atomic mass is 16.5. The van der Waals surface area contributed by atoms with Gasteiger partial charge in [-0.1, -0.05) is 48.5 Å². The van der Waals surface area contributed by atoms with E-state index in [9.17, 15) is 4.79 Å². The molecule has 0 bridgehead atoms. The molecule has 3 aromatic carbocycles. The number of methoxy groups -OCH3 is 1. The van der Waals surface area contributed by atoms with Gasteiger partial charge in [-0.25, -0.2) is 0 Å². The van der Waals surface area contributed by atoms with Gasteiger partial charge in [0.2, 0.25) is 5.91 Å². The molecule has 0 aliphatic carbocycles. The normalized spacial score (nSPS) is 15.0. The van der Waals surface area contributed by atoms with Gasteiger partial charge in [0.25, 0.3) is 0 Å². The van der Waals surface area contributed by atoms with Crippen LogP contribution < -0.4 is 14.4 Å². The van der Waals surface area contributed by atoms with Gasteiger partial charge >= 0.3 is 0 Å². The highest BCUT2D eigenvalue weighted by Gasteiger charge is 2.36. The van der Waals surface area contributed by atoms with Crippen molar-refractivity contribution in [3.8, 4) is 28.5 Å².